The Morgan fingerprint density at radius 3 is 2.34 bits per heavy atom. The zero-order chi connectivity index (χ0) is 27.6. The van der Waals surface area contributed by atoms with Crippen molar-refractivity contribution in [2.75, 3.05) is 39.8 Å². The van der Waals surface area contributed by atoms with Gasteiger partial charge in [-0.05, 0) is 62.9 Å². The summed E-state index contributed by atoms with van der Waals surface area (Å²) in [6.45, 7) is 10.6. The van der Waals surface area contributed by atoms with Crippen molar-refractivity contribution in [3.8, 4) is 5.75 Å². The molecule has 8 heteroatoms. The van der Waals surface area contributed by atoms with E-state index in [9.17, 15) is 9.59 Å². The molecule has 6 nitrogen and oxygen atoms in total. The van der Waals surface area contributed by atoms with Gasteiger partial charge in [-0.2, -0.15) is 0 Å². The highest BCUT2D eigenvalue weighted by atomic mass is 35.5. The van der Waals surface area contributed by atoms with Crippen molar-refractivity contribution < 1.29 is 18.7 Å². The van der Waals surface area contributed by atoms with E-state index in [4.69, 9.17) is 16.3 Å². The molecule has 0 radical (unpaired) electrons. The summed E-state index contributed by atoms with van der Waals surface area (Å²) in [5, 5.41) is 0.662. The third-order valence-electron chi connectivity index (χ3n) is 8.06. The van der Waals surface area contributed by atoms with Gasteiger partial charge in [-0.1, -0.05) is 29.8 Å². The number of likely N-dealkylation sites (tertiary alicyclic amines) is 1. The van der Waals surface area contributed by atoms with Crippen molar-refractivity contribution in [1.29, 1.82) is 0 Å². The molecule has 2 aliphatic heterocycles. The van der Waals surface area contributed by atoms with E-state index in [2.05, 4.69) is 25.7 Å². The topological polar surface area (TPSA) is 53.1 Å². The number of carbonyl (C=O) groups is 2. The molecular formula is C30H39ClFN3O3. The van der Waals surface area contributed by atoms with Crippen LogP contribution in [0.1, 0.15) is 63.6 Å². The molecule has 0 aliphatic carbocycles. The normalized spacial score (nSPS) is 23.2. The number of hydrogen-bond donors (Lipinski definition) is 0. The summed E-state index contributed by atoms with van der Waals surface area (Å²) >= 11 is 6.09. The van der Waals surface area contributed by atoms with Crippen LogP contribution in [-0.4, -0.2) is 71.9 Å². The molecular weight excluding hydrogens is 505 g/mol. The van der Waals surface area contributed by atoms with Gasteiger partial charge in [-0.3, -0.25) is 14.5 Å². The van der Waals surface area contributed by atoms with Crippen molar-refractivity contribution in [1.82, 2.24) is 14.7 Å². The lowest BCUT2D eigenvalue weighted by Crippen LogP contribution is -2.47. The van der Waals surface area contributed by atoms with Gasteiger partial charge in [0.05, 0.1) is 19.1 Å². The van der Waals surface area contributed by atoms with Crippen LogP contribution in [0.15, 0.2) is 42.5 Å². The summed E-state index contributed by atoms with van der Waals surface area (Å²) in [5.74, 6) is -0.493. The van der Waals surface area contributed by atoms with Crippen molar-refractivity contribution >= 4 is 23.4 Å². The van der Waals surface area contributed by atoms with Gasteiger partial charge in [-0.15, -0.1) is 0 Å². The van der Waals surface area contributed by atoms with E-state index in [1.165, 1.54) is 13.2 Å². The van der Waals surface area contributed by atoms with Crippen LogP contribution in [0, 0.1) is 11.7 Å². The van der Waals surface area contributed by atoms with Crippen LogP contribution in [0.4, 0.5) is 4.39 Å². The molecule has 3 atom stereocenters. The molecule has 0 spiro atoms. The van der Waals surface area contributed by atoms with Crippen LogP contribution in [0.2, 0.25) is 5.02 Å². The second kappa shape index (κ2) is 11.6. The van der Waals surface area contributed by atoms with Crippen LogP contribution in [0.25, 0.3) is 0 Å². The van der Waals surface area contributed by atoms with Crippen LogP contribution in [-0.2, 0) is 9.59 Å². The Bertz CT molecular complexity index is 1150. The van der Waals surface area contributed by atoms with Crippen molar-refractivity contribution in [3.63, 3.8) is 0 Å². The van der Waals surface area contributed by atoms with E-state index in [1.54, 1.807) is 19.1 Å². The third-order valence-corrected chi connectivity index (χ3v) is 8.31. The monoisotopic (exact) mass is 543 g/mol. The minimum Gasteiger partial charge on any atom is -0.497 e. The number of amides is 2. The maximum Gasteiger partial charge on any atom is 0.227 e. The molecule has 2 heterocycles. The lowest BCUT2D eigenvalue weighted by molar-refractivity contribution is -0.139. The minimum absolute atomic E-state index is 0.0165. The predicted molar refractivity (Wildman–Crippen MR) is 148 cm³/mol. The average Bonchev–Trinajstić information content (AvgIpc) is 3.30. The summed E-state index contributed by atoms with van der Waals surface area (Å²) in [4.78, 5) is 32.7. The van der Waals surface area contributed by atoms with Crippen LogP contribution >= 0.6 is 11.6 Å². The molecule has 2 amide bonds. The molecule has 0 bridgehead atoms. The molecule has 0 N–H and O–H groups in total. The van der Waals surface area contributed by atoms with Gasteiger partial charge >= 0.3 is 0 Å². The number of methoxy groups -OCH3 is 1. The summed E-state index contributed by atoms with van der Waals surface area (Å²) in [6.07, 6.45) is 1.51. The Balaban J connectivity index is 1.56. The maximum atomic E-state index is 15.2. The van der Waals surface area contributed by atoms with Crippen LogP contribution in [0.5, 0.6) is 5.75 Å². The van der Waals surface area contributed by atoms with Crippen molar-refractivity contribution in [2.24, 2.45) is 5.92 Å². The van der Waals surface area contributed by atoms with Gasteiger partial charge in [0.25, 0.3) is 0 Å². The first-order valence-electron chi connectivity index (χ1n) is 13.4. The first kappa shape index (κ1) is 28.4. The zero-order valence-corrected chi connectivity index (χ0v) is 23.8. The predicted octanol–water partition coefficient (Wildman–Crippen LogP) is 5.51. The fraction of sp³-hybridized carbons (Fsp3) is 0.533. The van der Waals surface area contributed by atoms with E-state index in [-0.39, 0.29) is 41.0 Å². The fourth-order valence-corrected chi connectivity index (χ4v) is 5.97. The molecule has 38 heavy (non-hydrogen) atoms. The van der Waals surface area contributed by atoms with Crippen molar-refractivity contribution in [3.05, 3.63) is 64.4 Å². The smallest absolute Gasteiger partial charge is 0.227 e. The molecule has 2 fully saturated rings. The van der Waals surface area contributed by atoms with E-state index in [0.29, 0.717) is 49.1 Å². The first-order chi connectivity index (χ1) is 18.0. The van der Waals surface area contributed by atoms with Crippen molar-refractivity contribution in [2.45, 2.75) is 58.0 Å². The largest absolute Gasteiger partial charge is 0.497 e. The molecule has 2 unspecified atom stereocenters. The third kappa shape index (κ3) is 6.15. The SMILES string of the molecule is COc1ccc([C@@H]2CN(C(C)(C)C)CC2C(=O)N2CCCC(c3ccc(Cl)cc3)N(C(C)=O)CC2)c(F)c1. The Morgan fingerprint density at radius 2 is 1.74 bits per heavy atom. The van der Waals surface area contributed by atoms with Crippen LogP contribution in [0.3, 0.4) is 0 Å². The van der Waals surface area contributed by atoms with Gasteiger partial charge in [-0.25, -0.2) is 4.39 Å². The number of rotatable bonds is 4. The Morgan fingerprint density at radius 1 is 1.03 bits per heavy atom. The summed E-state index contributed by atoms with van der Waals surface area (Å²) in [6, 6.07) is 12.5. The Hall–Kier alpha value is -2.64. The zero-order valence-electron chi connectivity index (χ0n) is 23.0. The maximum absolute atomic E-state index is 15.2. The van der Waals surface area contributed by atoms with E-state index >= 15 is 4.39 Å². The Kier molecular flexibility index (Phi) is 8.68. The number of nitrogens with zero attached hydrogens (tertiary/aromatic N) is 3. The van der Waals surface area contributed by atoms with Gasteiger partial charge in [0.2, 0.25) is 11.8 Å². The van der Waals surface area contributed by atoms with Crippen LogP contribution < -0.4 is 4.74 Å². The quantitative estimate of drug-likeness (QED) is 0.510. The summed E-state index contributed by atoms with van der Waals surface area (Å²) in [5.41, 5.74) is 1.45. The number of halogens is 2. The molecule has 0 saturated carbocycles. The highest BCUT2D eigenvalue weighted by Gasteiger charge is 2.44. The number of ether oxygens (including phenoxy) is 1. The number of carbonyl (C=O) groups excluding carboxylic acids is 2. The molecule has 2 aliphatic rings. The second-order valence-electron chi connectivity index (χ2n) is 11.4. The standard InChI is InChI=1S/C30H39ClFN3O3/c1-20(36)35-16-15-33(14-6-7-28(35)21-8-10-22(31)11-9-21)29(37)26-19-34(30(2,3)4)18-25(26)24-13-12-23(38-5)17-27(24)32/h8-13,17,25-26,28H,6-7,14-16,18-19H2,1-5H3/t25-,26?,28?/m0/s1. The molecule has 2 saturated heterocycles. The highest BCUT2D eigenvalue weighted by molar-refractivity contribution is 6.30. The minimum atomic E-state index is -0.366. The second-order valence-corrected chi connectivity index (χ2v) is 11.9. The number of benzene rings is 2. The number of hydrogen-bond acceptors (Lipinski definition) is 4. The van der Waals surface area contributed by atoms with E-state index in [0.717, 1.165) is 18.4 Å². The van der Waals surface area contributed by atoms with Gasteiger partial charge in [0, 0.05) is 62.2 Å². The highest BCUT2D eigenvalue weighted by Crippen LogP contribution is 2.39. The molecule has 0 aromatic heterocycles. The molecule has 206 valence electrons. The van der Waals surface area contributed by atoms with E-state index in [1.807, 2.05) is 34.1 Å². The molecule has 2 aromatic carbocycles. The summed E-state index contributed by atoms with van der Waals surface area (Å²) in [7, 11) is 1.52. The lowest BCUT2D eigenvalue weighted by Gasteiger charge is -2.38. The summed E-state index contributed by atoms with van der Waals surface area (Å²) < 4.78 is 20.4. The lowest BCUT2D eigenvalue weighted by atomic mass is 9.87. The average molecular weight is 544 g/mol. The van der Waals surface area contributed by atoms with Gasteiger partial charge in [0.15, 0.2) is 0 Å². The molecule has 4 rings (SSSR count). The van der Waals surface area contributed by atoms with E-state index < -0.39 is 0 Å². The fourth-order valence-electron chi connectivity index (χ4n) is 5.84. The Labute approximate surface area is 230 Å². The van der Waals surface area contributed by atoms with Gasteiger partial charge in [0.1, 0.15) is 11.6 Å². The first-order valence-corrected chi connectivity index (χ1v) is 13.8. The van der Waals surface area contributed by atoms with Gasteiger partial charge < -0.3 is 14.5 Å². The molecule has 2 aromatic rings.